The van der Waals surface area contributed by atoms with E-state index in [9.17, 15) is 4.39 Å². The summed E-state index contributed by atoms with van der Waals surface area (Å²) in [6.07, 6.45) is 7.98. The lowest BCUT2D eigenvalue weighted by Gasteiger charge is -2.06. The fourth-order valence-corrected chi connectivity index (χ4v) is 2.90. The zero-order chi connectivity index (χ0) is 16.5. The lowest BCUT2D eigenvalue weighted by atomic mass is 10.1. The van der Waals surface area contributed by atoms with Gasteiger partial charge in [0.1, 0.15) is 0 Å². The van der Waals surface area contributed by atoms with Crippen molar-refractivity contribution in [2.75, 3.05) is 7.11 Å². The molecule has 1 fully saturated rings. The highest BCUT2D eigenvalue weighted by Crippen LogP contribution is 2.54. The van der Waals surface area contributed by atoms with E-state index in [0.29, 0.717) is 23.5 Å². The molecule has 6 heteroatoms. The summed E-state index contributed by atoms with van der Waals surface area (Å²) in [5.41, 5.74) is 2.15. The van der Waals surface area contributed by atoms with Gasteiger partial charge in [0.25, 0.3) is 0 Å². The number of halogens is 1. The molecule has 0 N–H and O–H groups in total. The Bertz CT molecular complexity index is 855. The first-order chi connectivity index (χ1) is 11.8. The van der Waals surface area contributed by atoms with Gasteiger partial charge in [-0.3, -0.25) is 0 Å². The summed E-state index contributed by atoms with van der Waals surface area (Å²) >= 11 is 0. The van der Waals surface area contributed by atoms with Crippen LogP contribution in [0, 0.1) is 5.82 Å². The van der Waals surface area contributed by atoms with E-state index in [2.05, 4.69) is 19.9 Å². The average Bonchev–Trinajstić information content (AvgIpc) is 3.44. The second-order valence-electron chi connectivity index (χ2n) is 5.76. The highest BCUT2D eigenvalue weighted by molar-refractivity contribution is 5.43. The van der Waals surface area contributed by atoms with Crippen LogP contribution >= 0.6 is 0 Å². The fourth-order valence-electron chi connectivity index (χ4n) is 2.90. The number of hydrogen-bond acceptors (Lipinski definition) is 5. The van der Waals surface area contributed by atoms with Crippen LogP contribution in [-0.4, -0.2) is 27.0 Å². The number of rotatable bonds is 4. The molecule has 1 aromatic carbocycles. The summed E-state index contributed by atoms with van der Waals surface area (Å²) in [4.78, 5) is 17.0. The lowest BCUT2D eigenvalue weighted by molar-refractivity contribution is 0.386. The van der Waals surface area contributed by atoms with Crippen molar-refractivity contribution < 1.29 is 9.13 Å². The second-order valence-corrected chi connectivity index (χ2v) is 5.76. The van der Waals surface area contributed by atoms with Gasteiger partial charge in [0.2, 0.25) is 0 Å². The zero-order valence-corrected chi connectivity index (χ0v) is 13.1. The van der Waals surface area contributed by atoms with Gasteiger partial charge in [-0.2, -0.15) is 0 Å². The van der Waals surface area contributed by atoms with Gasteiger partial charge in [0.05, 0.1) is 7.11 Å². The third kappa shape index (κ3) is 2.71. The summed E-state index contributed by atoms with van der Waals surface area (Å²) in [7, 11) is 1.48. The minimum atomic E-state index is -0.339. The Morgan fingerprint density at radius 2 is 1.62 bits per heavy atom. The minimum absolute atomic E-state index is 0.283. The Morgan fingerprint density at radius 3 is 2.33 bits per heavy atom. The molecule has 5 nitrogen and oxygen atoms in total. The number of hydrogen-bond donors (Lipinski definition) is 0. The second kappa shape index (κ2) is 5.96. The molecule has 1 aliphatic carbocycles. The van der Waals surface area contributed by atoms with Gasteiger partial charge in [-0.05, 0) is 47.6 Å². The van der Waals surface area contributed by atoms with Gasteiger partial charge in [-0.1, -0.05) is 6.07 Å². The standard InChI is InChI=1S/C18H15FN4O/c1-24-16-7-11(3-4-15(16)19)13-8-14(13)12-9-22-18(23-10-12)17-20-5-2-6-21-17/h2-7,9-10,13-14H,8H2,1H3/t13-,14+/m1/s1. The fraction of sp³-hybridized carbons (Fsp3) is 0.222. The first kappa shape index (κ1) is 14.7. The highest BCUT2D eigenvalue weighted by Gasteiger charge is 2.40. The Balaban J connectivity index is 1.52. The van der Waals surface area contributed by atoms with Gasteiger partial charge < -0.3 is 4.74 Å². The van der Waals surface area contributed by atoms with Crippen LogP contribution in [0.3, 0.4) is 0 Å². The van der Waals surface area contributed by atoms with Gasteiger partial charge >= 0.3 is 0 Å². The third-order valence-corrected chi connectivity index (χ3v) is 4.26. The maximum atomic E-state index is 13.5. The molecule has 24 heavy (non-hydrogen) atoms. The molecule has 2 heterocycles. The van der Waals surface area contributed by atoms with Crippen LogP contribution in [0.4, 0.5) is 4.39 Å². The number of aromatic nitrogens is 4. The van der Waals surface area contributed by atoms with E-state index < -0.39 is 0 Å². The smallest absolute Gasteiger partial charge is 0.197 e. The Hall–Kier alpha value is -2.89. The summed E-state index contributed by atoms with van der Waals surface area (Å²) in [6, 6.07) is 6.79. The van der Waals surface area contributed by atoms with E-state index in [1.54, 1.807) is 24.5 Å². The number of nitrogens with zero attached hydrogens (tertiary/aromatic N) is 4. The van der Waals surface area contributed by atoms with Crippen LogP contribution in [-0.2, 0) is 0 Å². The molecule has 120 valence electrons. The van der Waals surface area contributed by atoms with Crippen LogP contribution in [0.2, 0.25) is 0 Å². The van der Waals surface area contributed by atoms with Crippen LogP contribution in [0.5, 0.6) is 5.75 Å². The first-order valence-electron chi connectivity index (χ1n) is 7.69. The summed E-state index contributed by atoms with van der Waals surface area (Å²) in [5.74, 6) is 1.67. The maximum absolute atomic E-state index is 13.5. The van der Waals surface area contributed by atoms with Crippen molar-refractivity contribution in [1.29, 1.82) is 0 Å². The normalized spacial score (nSPS) is 19.1. The molecule has 1 aliphatic rings. The maximum Gasteiger partial charge on any atom is 0.197 e. The van der Waals surface area contributed by atoms with Crippen LogP contribution in [0.25, 0.3) is 11.6 Å². The van der Waals surface area contributed by atoms with E-state index in [1.807, 2.05) is 18.5 Å². The molecule has 4 rings (SSSR count). The van der Waals surface area contributed by atoms with E-state index >= 15 is 0 Å². The van der Waals surface area contributed by atoms with Crippen molar-refractivity contribution in [2.45, 2.75) is 18.3 Å². The van der Waals surface area contributed by atoms with Crippen molar-refractivity contribution in [3.05, 3.63) is 66.0 Å². The van der Waals surface area contributed by atoms with E-state index in [1.165, 1.54) is 13.2 Å². The van der Waals surface area contributed by atoms with Gasteiger partial charge in [0, 0.05) is 24.8 Å². The number of methoxy groups -OCH3 is 1. The molecule has 0 bridgehead atoms. The van der Waals surface area contributed by atoms with Crippen molar-refractivity contribution in [3.63, 3.8) is 0 Å². The van der Waals surface area contributed by atoms with E-state index in [-0.39, 0.29) is 11.6 Å². The molecular weight excluding hydrogens is 307 g/mol. The van der Waals surface area contributed by atoms with Crippen LogP contribution in [0.1, 0.15) is 29.4 Å². The SMILES string of the molecule is COc1cc([C@H]2C[C@H]2c2cnc(-c3ncccn3)nc2)ccc1F. The van der Waals surface area contributed by atoms with Crippen molar-refractivity contribution in [3.8, 4) is 17.4 Å². The monoisotopic (exact) mass is 322 g/mol. The predicted molar refractivity (Wildman–Crippen MR) is 86.1 cm³/mol. The Kier molecular flexibility index (Phi) is 3.65. The molecule has 0 spiro atoms. The van der Waals surface area contributed by atoms with Crippen molar-refractivity contribution >= 4 is 0 Å². The molecule has 0 saturated heterocycles. The summed E-state index contributed by atoms with van der Waals surface area (Å²) in [5, 5.41) is 0. The quantitative estimate of drug-likeness (QED) is 0.737. The Labute approximate surface area is 138 Å². The van der Waals surface area contributed by atoms with Crippen LogP contribution < -0.4 is 4.74 Å². The molecule has 0 radical (unpaired) electrons. The summed E-state index contributed by atoms with van der Waals surface area (Å²) < 4.78 is 18.6. The molecule has 0 amide bonds. The van der Waals surface area contributed by atoms with E-state index in [0.717, 1.165) is 17.5 Å². The first-order valence-corrected chi connectivity index (χ1v) is 7.69. The zero-order valence-electron chi connectivity index (χ0n) is 13.1. The van der Waals surface area contributed by atoms with Gasteiger partial charge in [-0.25, -0.2) is 24.3 Å². The topological polar surface area (TPSA) is 60.8 Å². The molecule has 3 aromatic rings. The molecular formula is C18H15FN4O. The number of ether oxygens (including phenoxy) is 1. The van der Waals surface area contributed by atoms with Crippen LogP contribution in [0.15, 0.2) is 49.1 Å². The van der Waals surface area contributed by atoms with E-state index in [4.69, 9.17) is 4.74 Å². The molecule has 2 aromatic heterocycles. The van der Waals surface area contributed by atoms with Crippen molar-refractivity contribution in [2.24, 2.45) is 0 Å². The predicted octanol–water partition coefficient (Wildman–Crippen LogP) is 3.35. The van der Waals surface area contributed by atoms with Gasteiger partial charge in [0.15, 0.2) is 23.2 Å². The minimum Gasteiger partial charge on any atom is -0.494 e. The third-order valence-electron chi connectivity index (χ3n) is 4.26. The lowest BCUT2D eigenvalue weighted by Crippen LogP contribution is -1.96. The highest BCUT2D eigenvalue weighted by atomic mass is 19.1. The van der Waals surface area contributed by atoms with Gasteiger partial charge in [-0.15, -0.1) is 0 Å². The summed E-state index contributed by atoms with van der Waals surface area (Å²) in [6.45, 7) is 0. The molecule has 1 saturated carbocycles. The Morgan fingerprint density at radius 1 is 0.958 bits per heavy atom. The molecule has 0 aliphatic heterocycles. The molecule has 0 unspecified atom stereocenters. The average molecular weight is 322 g/mol. The number of benzene rings is 1. The van der Waals surface area contributed by atoms with Crippen molar-refractivity contribution in [1.82, 2.24) is 19.9 Å². The largest absolute Gasteiger partial charge is 0.494 e. The molecule has 2 atom stereocenters.